The maximum atomic E-state index is 11.1. The Bertz CT molecular complexity index is 696. The molecular weight excluding hydrogens is 316 g/mol. The first kappa shape index (κ1) is 16.9. The van der Waals surface area contributed by atoms with Gasteiger partial charge in [-0.05, 0) is 41.6 Å². The molecule has 0 heterocycles. The van der Waals surface area contributed by atoms with Crippen molar-refractivity contribution in [1.82, 2.24) is 4.72 Å². The third kappa shape index (κ3) is 5.71. The molecule has 0 bridgehead atoms. The van der Waals surface area contributed by atoms with E-state index >= 15 is 0 Å². The normalized spacial score (nSPS) is 11.4. The number of rotatable bonds is 7. The number of nitrogens with one attached hydrogen (secondary N) is 2. The molecule has 0 aliphatic heterocycles. The van der Waals surface area contributed by atoms with Gasteiger partial charge >= 0.3 is 0 Å². The van der Waals surface area contributed by atoms with Crippen molar-refractivity contribution in [3.8, 4) is 0 Å². The smallest absolute Gasteiger partial charge is 0.209 e. The zero-order valence-corrected chi connectivity index (χ0v) is 14.3. The number of thioether (sulfide) groups is 1. The summed E-state index contributed by atoms with van der Waals surface area (Å²) in [6.07, 6.45) is 3.22. The summed E-state index contributed by atoms with van der Waals surface area (Å²) in [6, 6.07) is 16.2. The molecule has 0 unspecified atom stereocenters. The third-order valence-electron chi connectivity index (χ3n) is 3.15. The van der Waals surface area contributed by atoms with Gasteiger partial charge in [0.05, 0.1) is 6.26 Å². The summed E-state index contributed by atoms with van der Waals surface area (Å²) in [5, 5.41) is 3.35. The molecule has 2 N–H and O–H groups in total. The van der Waals surface area contributed by atoms with Crippen molar-refractivity contribution in [2.24, 2.45) is 0 Å². The molecule has 0 aliphatic carbocycles. The summed E-state index contributed by atoms with van der Waals surface area (Å²) in [4.78, 5) is 1.26. The molecule has 6 heteroatoms. The molecule has 0 amide bonds. The lowest BCUT2D eigenvalue weighted by molar-refractivity contribution is 0.587. The van der Waals surface area contributed by atoms with Crippen LogP contribution in [0.3, 0.4) is 0 Å². The van der Waals surface area contributed by atoms with Crippen molar-refractivity contribution in [3.63, 3.8) is 0 Å². The molecule has 0 fully saturated rings. The first-order chi connectivity index (χ1) is 10.5. The van der Waals surface area contributed by atoms with Gasteiger partial charge in [-0.15, -0.1) is 11.8 Å². The highest BCUT2D eigenvalue weighted by Gasteiger charge is 2.01. The molecule has 22 heavy (non-hydrogen) atoms. The number of anilines is 1. The Hall–Kier alpha value is -1.50. The molecule has 4 nitrogen and oxygen atoms in total. The van der Waals surface area contributed by atoms with Crippen LogP contribution in [0.2, 0.25) is 0 Å². The van der Waals surface area contributed by atoms with E-state index in [2.05, 4.69) is 40.6 Å². The van der Waals surface area contributed by atoms with Crippen LogP contribution in [0.15, 0.2) is 53.4 Å². The number of hydrogen-bond donors (Lipinski definition) is 2. The van der Waals surface area contributed by atoms with Crippen LogP contribution in [0.1, 0.15) is 11.1 Å². The van der Waals surface area contributed by atoms with Gasteiger partial charge in [0.2, 0.25) is 10.0 Å². The highest BCUT2D eigenvalue weighted by Crippen LogP contribution is 2.16. The predicted molar refractivity (Wildman–Crippen MR) is 93.7 cm³/mol. The monoisotopic (exact) mass is 336 g/mol. The molecule has 0 saturated heterocycles. The van der Waals surface area contributed by atoms with Crippen molar-refractivity contribution in [3.05, 3.63) is 59.7 Å². The molecule has 2 aromatic rings. The zero-order valence-electron chi connectivity index (χ0n) is 12.7. The second-order valence-electron chi connectivity index (χ2n) is 4.99. The minimum Gasteiger partial charge on any atom is -0.381 e. The van der Waals surface area contributed by atoms with Crippen LogP contribution >= 0.6 is 11.8 Å². The molecule has 0 radical (unpaired) electrons. The topological polar surface area (TPSA) is 58.2 Å². The second-order valence-corrected chi connectivity index (χ2v) is 7.70. The van der Waals surface area contributed by atoms with Gasteiger partial charge in [0, 0.05) is 23.7 Å². The van der Waals surface area contributed by atoms with Gasteiger partial charge < -0.3 is 5.32 Å². The molecule has 0 aromatic heterocycles. The minimum atomic E-state index is -3.15. The van der Waals surface area contributed by atoms with Crippen molar-refractivity contribution in [2.75, 3.05) is 17.8 Å². The quantitative estimate of drug-likeness (QED) is 0.763. The molecule has 0 aliphatic rings. The SMILES string of the molecule is CSc1ccc(CNc2ccc(CNS(C)(=O)=O)cc2)cc1. The number of benzene rings is 2. The average Bonchev–Trinajstić information content (AvgIpc) is 2.52. The lowest BCUT2D eigenvalue weighted by atomic mass is 10.2. The Morgan fingerprint density at radius 2 is 1.45 bits per heavy atom. The molecule has 0 spiro atoms. The van der Waals surface area contributed by atoms with Crippen LogP contribution in [0.5, 0.6) is 0 Å². The van der Waals surface area contributed by atoms with Gasteiger partial charge in [0.25, 0.3) is 0 Å². The predicted octanol–water partition coefficient (Wildman–Crippen LogP) is 3.07. The van der Waals surface area contributed by atoms with E-state index in [9.17, 15) is 8.42 Å². The Labute approximate surface area is 136 Å². The first-order valence-electron chi connectivity index (χ1n) is 6.87. The maximum Gasteiger partial charge on any atom is 0.209 e. The van der Waals surface area contributed by atoms with Gasteiger partial charge in [-0.1, -0.05) is 24.3 Å². The molecule has 118 valence electrons. The lowest BCUT2D eigenvalue weighted by Gasteiger charge is -2.08. The van der Waals surface area contributed by atoms with E-state index in [4.69, 9.17) is 0 Å². The summed E-state index contributed by atoms with van der Waals surface area (Å²) in [7, 11) is -3.15. The van der Waals surface area contributed by atoms with E-state index in [1.54, 1.807) is 11.8 Å². The van der Waals surface area contributed by atoms with Gasteiger partial charge in [-0.2, -0.15) is 0 Å². The molecule has 2 rings (SSSR count). The zero-order chi connectivity index (χ0) is 16.0. The van der Waals surface area contributed by atoms with Crippen LogP contribution in [0.25, 0.3) is 0 Å². The van der Waals surface area contributed by atoms with Crippen molar-refractivity contribution in [1.29, 1.82) is 0 Å². The van der Waals surface area contributed by atoms with Gasteiger partial charge in [0.1, 0.15) is 0 Å². The average molecular weight is 336 g/mol. The van der Waals surface area contributed by atoms with E-state index in [1.165, 1.54) is 10.5 Å². The Morgan fingerprint density at radius 3 is 2.00 bits per heavy atom. The number of hydrogen-bond acceptors (Lipinski definition) is 4. The third-order valence-corrected chi connectivity index (χ3v) is 4.56. The van der Waals surface area contributed by atoms with Crippen molar-refractivity contribution in [2.45, 2.75) is 18.0 Å². The van der Waals surface area contributed by atoms with Gasteiger partial charge in [-0.3, -0.25) is 0 Å². The summed E-state index contributed by atoms with van der Waals surface area (Å²) >= 11 is 1.73. The first-order valence-corrected chi connectivity index (χ1v) is 9.98. The molecule has 0 saturated carbocycles. The Kier molecular flexibility index (Phi) is 5.88. The van der Waals surface area contributed by atoms with Gasteiger partial charge in [-0.25, -0.2) is 13.1 Å². The summed E-state index contributed by atoms with van der Waals surface area (Å²) in [5.41, 5.74) is 3.16. The van der Waals surface area contributed by atoms with E-state index in [0.29, 0.717) is 6.54 Å². The summed E-state index contributed by atoms with van der Waals surface area (Å²) < 4.78 is 24.6. The second kappa shape index (κ2) is 7.67. The van der Waals surface area contributed by atoms with Crippen LogP contribution in [0.4, 0.5) is 5.69 Å². The lowest BCUT2D eigenvalue weighted by Crippen LogP contribution is -2.21. The van der Waals surface area contributed by atoms with Gasteiger partial charge in [0.15, 0.2) is 0 Å². The molecular formula is C16H20N2O2S2. The van der Waals surface area contributed by atoms with Crippen LogP contribution in [-0.2, 0) is 23.1 Å². The summed E-state index contributed by atoms with van der Waals surface area (Å²) in [5.74, 6) is 0. The largest absolute Gasteiger partial charge is 0.381 e. The van der Waals surface area contributed by atoms with E-state index in [-0.39, 0.29) is 0 Å². The van der Waals surface area contributed by atoms with E-state index < -0.39 is 10.0 Å². The van der Waals surface area contributed by atoms with Crippen LogP contribution in [-0.4, -0.2) is 20.9 Å². The summed E-state index contributed by atoms with van der Waals surface area (Å²) in [6.45, 7) is 1.07. The van der Waals surface area contributed by atoms with E-state index in [0.717, 1.165) is 24.1 Å². The van der Waals surface area contributed by atoms with E-state index in [1.807, 2.05) is 24.3 Å². The maximum absolute atomic E-state index is 11.1. The van der Waals surface area contributed by atoms with Crippen LogP contribution in [0, 0.1) is 0 Å². The van der Waals surface area contributed by atoms with Crippen LogP contribution < -0.4 is 10.0 Å². The highest BCUT2D eigenvalue weighted by atomic mass is 32.2. The molecule has 0 atom stereocenters. The fraction of sp³-hybridized carbons (Fsp3) is 0.250. The fourth-order valence-corrected chi connectivity index (χ4v) is 2.74. The van der Waals surface area contributed by atoms with Crippen molar-refractivity contribution < 1.29 is 8.42 Å². The standard InChI is InChI=1S/C16H20N2O2S2/c1-21-16-9-5-13(6-10-16)11-17-15-7-3-14(4-8-15)12-18-22(2,19)20/h3-10,17-18H,11-12H2,1-2H3. The minimum absolute atomic E-state index is 0.315. The number of sulfonamides is 1. The van der Waals surface area contributed by atoms with Crippen molar-refractivity contribution >= 4 is 27.5 Å². The Morgan fingerprint density at radius 1 is 0.909 bits per heavy atom. The highest BCUT2D eigenvalue weighted by molar-refractivity contribution is 7.98. The Balaban J connectivity index is 1.88. The molecule has 2 aromatic carbocycles. The fourth-order valence-electron chi connectivity index (χ4n) is 1.90.